The number of hydrogen-bond donors (Lipinski definition) is 2. The molecule has 1 aliphatic rings. The predicted molar refractivity (Wildman–Crippen MR) is 109 cm³/mol. The Morgan fingerprint density at radius 2 is 2.00 bits per heavy atom. The number of benzene rings is 2. The van der Waals surface area contributed by atoms with Crippen LogP contribution in [0.5, 0.6) is 0 Å². The molecule has 6 nitrogen and oxygen atoms in total. The van der Waals surface area contributed by atoms with Crippen LogP contribution in [0.1, 0.15) is 31.7 Å². The second kappa shape index (κ2) is 8.22. The van der Waals surface area contributed by atoms with Crippen molar-refractivity contribution in [2.24, 2.45) is 4.99 Å². The number of amides is 1. The number of halogens is 1. The summed E-state index contributed by atoms with van der Waals surface area (Å²) in [7, 11) is -3.63. The third kappa shape index (κ3) is 4.56. The number of carbonyl (C=O) groups is 1. The molecule has 1 atom stereocenters. The summed E-state index contributed by atoms with van der Waals surface area (Å²) >= 11 is 3.38. The molecule has 1 amide bonds. The number of amidine groups is 1. The van der Waals surface area contributed by atoms with E-state index in [9.17, 15) is 13.2 Å². The second-order valence-electron chi connectivity index (χ2n) is 6.24. The minimum atomic E-state index is -3.63. The van der Waals surface area contributed by atoms with E-state index < -0.39 is 16.1 Å². The first-order chi connectivity index (χ1) is 12.9. The zero-order valence-electron chi connectivity index (χ0n) is 14.8. The average Bonchev–Trinajstić information content (AvgIpc) is 2.89. The second-order valence-corrected chi connectivity index (χ2v) is 8.80. The molecule has 0 fully saturated rings. The van der Waals surface area contributed by atoms with Crippen molar-refractivity contribution in [3.63, 3.8) is 0 Å². The number of nitrogens with one attached hydrogen (secondary N) is 2. The monoisotopic (exact) mass is 449 g/mol. The smallest absolute Gasteiger partial charge is 0.263 e. The van der Waals surface area contributed by atoms with Gasteiger partial charge in [-0.05, 0) is 36.8 Å². The first-order valence-electron chi connectivity index (χ1n) is 8.67. The number of hydrogen-bond acceptors (Lipinski definition) is 4. The highest BCUT2D eigenvalue weighted by Crippen LogP contribution is 2.23. The Labute approximate surface area is 167 Å². The van der Waals surface area contributed by atoms with Gasteiger partial charge in [0.05, 0.1) is 4.90 Å². The van der Waals surface area contributed by atoms with E-state index in [0.29, 0.717) is 17.7 Å². The lowest BCUT2D eigenvalue weighted by Gasteiger charge is -2.14. The lowest BCUT2D eigenvalue weighted by Crippen LogP contribution is -2.30. The fraction of sp³-hybridized carbons (Fsp3) is 0.263. The molecule has 3 rings (SSSR count). The third-order valence-electron chi connectivity index (χ3n) is 4.17. The van der Waals surface area contributed by atoms with Crippen molar-refractivity contribution < 1.29 is 13.2 Å². The van der Waals surface area contributed by atoms with Gasteiger partial charge in [-0.2, -0.15) is 0 Å². The van der Waals surface area contributed by atoms with Crippen LogP contribution in [-0.4, -0.2) is 26.2 Å². The number of nitrogens with zero attached hydrogens (tertiary/aromatic N) is 1. The van der Waals surface area contributed by atoms with Crippen molar-refractivity contribution in [2.45, 2.75) is 37.1 Å². The van der Waals surface area contributed by atoms with E-state index in [1.807, 2.05) is 19.1 Å². The Morgan fingerprint density at radius 3 is 2.74 bits per heavy atom. The number of carbonyl (C=O) groups excluding carboxylic acids is 1. The van der Waals surface area contributed by atoms with Crippen LogP contribution in [0.3, 0.4) is 0 Å². The molecule has 2 N–H and O–H groups in total. The van der Waals surface area contributed by atoms with Gasteiger partial charge in [-0.25, -0.2) is 8.42 Å². The standard InChI is InChI=1S/C19H20BrN3O3S/c1-2-3-10-16(19(24)21-14-8-6-7-13(20)12-14)22-18-15-9-4-5-11-17(15)27(25,26)23-18/h4-9,11-12,16H,2-3,10H2,1H3,(H,21,24)(H,22,23). The van der Waals surface area contributed by atoms with Crippen molar-refractivity contribution in [3.8, 4) is 0 Å². The molecule has 0 saturated carbocycles. The average molecular weight is 450 g/mol. The molecule has 1 aliphatic heterocycles. The summed E-state index contributed by atoms with van der Waals surface area (Å²) in [6.07, 6.45) is 2.25. The summed E-state index contributed by atoms with van der Waals surface area (Å²) in [5.41, 5.74) is 1.15. The molecule has 2 aromatic carbocycles. The Morgan fingerprint density at radius 1 is 1.22 bits per heavy atom. The third-order valence-corrected chi connectivity index (χ3v) is 6.06. The number of rotatable bonds is 6. The maximum absolute atomic E-state index is 12.8. The van der Waals surface area contributed by atoms with Crippen molar-refractivity contribution in [2.75, 3.05) is 5.32 Å². The van der Waals surface area contributed by atoms with Gasteiger partial charge in [-0.3, -0.25) is 14.5 Å². The molecule has 1 heterocycles. The molecule has 0 aliphatic carbocycles. The number of anilines is 1. The maximum Gasteiger partial charge on any atom is 0.263 e. The Hall–Kier alpha value is -2.19. The highest BCUT2D eigenvalue weighted by atomic mass is 79.9. The van der Waals surface area contributed by atoms with Crippen LogP contribution in [0.25, 0.3) is 0 Å². The van der Waals surface area contributed by atoms with Crippen LogP contribution in [-0.2, 0) is 14.8 Å². The summed E-state index contributed by atoms with van der Waals surface area (Å²) in [5.74, 6) is -0.0475. The largest absolute Gasteiger partial charge is 0.324 e. The van der Waals surface area contributed by atoms with E-state index in [2.05, 4.69) is 31.0 Å². The summed E-state index contributed by atoms with van der Waals surface area (Å²) in [5, 5.41) is 2.86. The van der Waals surface area contributed by atoms with Gasteiger partial charge in [-0.15, -0.1) is 0 Å². The highest BCUT2D eigenvalue weighted by Gasteiger charge is 2.31. The molecule has 8 heteroatoms. The number of aliphatic imine (C=N–C) groups is 1. The summed E-state index contributed by atoms with van der Waals surface area (Å²) < 4.78 is 27.8. The molecule has 2 aromatic rings. The quantitative estimate of drug-likeness (QED) is 0.704. The molecule has 27 heavy (non-hydrogen) atoms. The summed E-state index contributed by atoms with van der Waals surface area (Å²) in [6.45, 7) is 2.03. The number of unbranched alkanes of at least 4 members (excludes halogenated alkanes) is 1. The van der Waals surface area contributed by atoms with E-state index in [1.54, 1.807) is 30.3 Å². The van der Waals surface area contributed by atoms with Crippen molar-refractivity contribution in [1.29, 1.82) is 0 Å². The van der Waals surface area contributed by atoms with Gasteiger partial charge in [0.1, 0.15) is 11.9 Å². The van der Waals surface area contributed by atoms with E-state index in [-0.39, 0.29) is 16.6 Å². The lowest BCUT2D eigenvalue weighted by molar-refractivity contribution is -0.117. The van der Waals surface area contributed by atoms with Gasteiger partial charge in [0.25, 0.3) is 10.0 Å². The van der Waals surface area contributed by atoms with Crippen LogP contribution >= 0.6 is 15.9 Å². The predicted octanol–water partition coefficient (Wildman–Crippen LogP) is 3.69. The lowest BCUT2D eigenvalue weighted by atomic mass is 10.1. The van der Waals surface area contributed by atoms with Crippen LogP contribution in [0.2, 0.25) is 0 Å². The Balaban J connectivity index is 1.89. The molecule has 0 aromatic heterocycles. The SMILES string of the molecule is CCCCC(N=C1NS(=O)(=O)c2ccccc21)C(=O)Nc1cccc(Br)c1. The zero-order chi connectivity index (χ0) is 19.4. The van der Waals surface area contributed by atoms with E-state index in [1.165, 1.54) is 6.07 Å². The fourth-order valence-corrected chi connectivity index (χ4v) is 4.47. The van der Waals surface area contributed by atoms with Crippen LogP contribution in [0.4, 0.5) is 5.69 Å². The maximum atomic E-state index is 12.8. The normalized spacial score (nSPS) is 17.2. The van der Waals surface area contributed by atoms with Gasteiger partial charge in [0.15, 0.2) is 0 Å². The van der Waals surface area contributed by atoms with Crippen molar-refractivity contribution >= 4 is 43.4 Å². The van der Waals surface area contributed by atoms with E-state index >= 15 is 0 Å². The summed E-state index contributed by atoms with van der Waals surface area (Å²) in [6, 6.07) is 13.2. The van der Waals surface area contributed by atoms with Crippen LogP contribution in [0, 0.1) is 0 Å². The Bertz CT molecular complexity index is 989. The minimum Gasteiger partial charge on any atom is -0.324 e. The van der Waals surface area contributed by atoms with Gasteiger partial charge in [0.2, 0.25) is 5.91 Å². The topological polar surface area (TPSA) is 87.6 Å². The Kier molecular flexibility index (Phi) is 5.96. The van der Waals surface area contributed by atoms with Gasteiger partial charge < -0.3 is 5.32 Å². The molecule has 0 bridgehead atoms. The molecule has 1 unspecified atom stereocenters. The first-order valence-corrected chi connectivity index (χ1v) is 10.9. The highest BCUT2D eigenvalue weighted by molar-refractivity contribution is 9.10. The van der Waals surface area contributed by atoms with E-state index in [0.717, 1.165) is 17.3 Å². The zero-order valence-corrected chi connectivity index (χ0v) is 17.2. The van der Waals surface area contributed by atoms with Gasteiger partial charge in [-0.1, -0.05) is 53.9 Å². The molecule has 142 valence electrons. The molecular weight excluding hydrogens is 430 g/mol. The first kappa shape index (κ1) is 19.6. The molecular formula is C19H20BrN3O3S. The molecule has 0 saturated heterocycles. The van der Waals surface area contributed by atoms with E-state index in [4.69, 9.17) is 0 Å². The fourth-order valence-electron chi connectivity index (χ4n) is 2.83. The molecule has 0 radical (unpaired) electrons. The minimum absolute atomic E-state index is 0.186. The van der Waals surface area contributed by atoms with Gasteiger partial charge in [0, 0.05) is 15.7 Å². The van der Waals surface area contributed by atoms with Gasteiger partial charge >= 0.3 is 0 Å². The van der Waals surface area contributed by atoms with Crippen molar-refractivity contribution in [1.82, 2.24) is 4.72 Å². The van der Waals surface area contributed by atoms with Crippen molar-refractivity contribution in [3.05, 3.63) is 58.6 Å². The number of sulfonamides is 1. The van der Waals surface area contributed by atoms with Crippen LogP contribution < -0.4 is 10.0 Å². The summed E-state index contributed by atoms with van der Waals surface area (Å²) in [4.78, 5) is 17.4. The molecule has 0 spiro atoms. The van der Waals surface area contributed by atoms with Crippen LogP contribution in [0.15, 0.2) is 62.9 Å². The number of fused-ring (bicyclic) bond motifs is 1.